The Morgan fingerprint density at radius 1 is 1.00 bits per heavy atom. The Kier molecular flexibility index (Phi) is 6.43. The molecule has 0 radical (unpaired) electrons. The van der Waals surface area contributed by atoms with Crippen molar-refractivity contribution >= 4 is 21.7 Å². The smallest absolute Gasteiger partial charge is 0.312 e. The first kappa shape index (κ1) is 23.4. The molecular formula is C25H33N3O5S. The molecule has 1 spiro atoms. The first-order valence-electron chi connectivity index (χ1n) is 12.1. The summed E-state index contributed by atoms with van der Waals surface area (Å²) < 4.78 is 37.7. The average molecular weight is 488 g/mol. The van der Waals surface area contributed by atoms with Crippen LogP contribution in [0.15, 0.2) is 52.2 Å². The van der Waals surface area contributed by atoms with E-state index < -0.39 is 15.4 Å². The van der Waals surface area contributed by atoms with Crippen LogP contribution in [0.3, 0.4) is 0 Å². The lowest BCUT2D eigenvalue weighted by Crippen LogP contribution is -2.47. The highest BCUT2D eigenvalue weighted by molar-refractivity contribution is 7.89. The second kappa shape index (κ2) is 9.36. The maximum Gasteiger partial charge on any atom is 0.312 e. The molecule has 3 aliphatic rings. The van der Waals surface area contributed by atoms with Crippen molar-refractivity contribution in [2.24, 2.45) is 5.41 Å². The van der Waals surface area contributed by atoms with Crippen molar-refractivity contribution in [2.75, 3.05) is 50.7 Å². The highest BCUT2D eigenvalue weighted by Crippen LogP contribution is 2.44. The van der Waals surface area contributed by atoms with Crippen LogP contribution in [0, 0.1) is 12.3 Å². The summed E-state index contributed by atoms with van der Waals surface area (Å²) in [6.07, 6.45) is 3.78. The Morgan fingerprint density at radius 3 is 2.35 bits per heavy atom. The number of benzene rings is 1. The van der Waals surface area contributed by atoms with Gasteiger partial charge in [-0.1, -0.05) is 17.7 Å². The second-order valence-electron chi connectivity index (χ2n) is 9.80. The molecule has 1 atom stereocenters. The molecule has 0 aliphatic carbocycles. The van der Waals surface area contributed by atoms with Gasteiger partial charge in [-0.05, 0) is 50.5 Å². The third-order valence-corrected chi connectivity index (χ3v) is 9.42. The minimum atomic E-state index is -3.64. The molecule has 0 unspecified atom stereocenters. The van der Waals surface area contributed by atoms with Gasteiger partial charge in [0.05, 0.1) is 11.7 Å². The third-order valence-electron chi connectivity index (χ3n) is 7.63. The van der Waals surface area contributed by atoms with Crippen LogP contribution in [-0.4, -0.2) is 75.5 Å². The Bertz CT molecular complexity index is 1080. The van der Waals surface area contributed by atoms with E-state index in [4.69, 9.17) is 9.15 Å². The fraction of sp³-hybridized carbons (Fsp3) is 0.560. The average Bonchev–Trinajstić information content (AvgIpc) is 3.49. The third kappa shape index (κ3) is 4.61. The van der Waals surface area contributed by atoms with E-state index in [0.717, 1.165) is 39.1 Å². The highest BCUT2D eigenvalue weighted by Gasteiger charge is 2.51. The Balaban J connectivity index is 1.09. The standard InChI is InChI=1S/C25H33N3O5S/c1-20-4-6-21(7-5-20)27-16-14-26(15-17-27)11-8-22-19-25(24(29)33-22)9-12-28(13-10-25)34(30,31)23-3-2-18-32-23/h2-7,18,22H,8-17,19H2,1H3/t22-/m1/s1. The normalized spacial score (nSPS) is 24.0. The van der Waals surface area contributed by atoms with E-state index in [1.54, 1.807) is 6.07 Å². The maximum absolute atomic E-state index is 12.8. The molecule has 2 aromatic rings. The zero-order valence-corrected chi connectivity index (χ0v) is 20.5. The van der Waals surface area contributed by atoms with Gasteiger partial charge in [0.2, 0.25) is 5.09 Å². The number of aryl methyl sites for hydroxylation is 1. The summed E-state index contributed by atoms with van der Waals surface area (Å²) in [5.41, 5.74) is 2.00. The molecule has 1 aromatic carbocycles. The van der Waals surface area contributed by atoms with Gasteiger partial charge in [0.15, 0.2) is 0 Å². The van der Waals surface area contributed by atoms with Gasteiger partial charge in [0.25, 0.3) is 10.0 Å². The molecule has 34 heavy (non-hydrogen) atoms. The maximum atomic E-state index is 12.8. The minimum Gasteiger partial charge on any atom is -0.462 e. The van der Waals surface area contributed by atoms with Crippen molar-refractivity contribution in [2.45, 2.75) is 43.8 Å². The van der Waals surface area contributed by atoms with Crippen LogP contribution < -0.4 is 4.90 Å². The summed E-state index contributed by atoms with van der Waals surface area (Å²) in [6.45, 7) is 7.63. The summed E-state index contributed by atoms with van der Waals surface area (Å²) in [6, 6.07) is 11.7. The molecule has 3 aliphatic heterocycles. The molecule has 0 saturated carbocycles. The fourth-order valence-electron chi connectivity index (χ4n) is 5.41. The van der Waals surface area contributed by atoms with Gasteiger partial charge in [0, 0.05) is 57.9 Å². The zero-order valence-electron chi connectivity index (χ0n) is 19.7. The van der Waals surface area contributed by atoms with Crippen molar-refractivity contribution in [3.63, 3.8) is 0 Å². The number of rotatable bonds is 6. The molecule has 0 N–H and O–H groups in total. The fourth-order valence-corrected chi connectivity index (χ4v) is 6.76. The molecule has 0 amide bonds. The van der Waals surface area contributed by atoms with Crippen LogP contribution in [0.2, 0.25) is 0 Å². The quantitative estimate of drug-likeness (QED) is 0.580. The lowest BCUT2D eigenvalue weighted by atomic mass is 9.76. The first-order valence-corrected chi connectivity index (χ1v) is 13.6. The van der Waals surface area contributed by atoms with Gasteiger partial charge in [0.1, 0.15) is 6.10 Å². The van der Waals surface area contributed by atoms with Crippen molar-refractivity contribution in [1.82, 2.24) is 9.21 Å². The van der Waals surface area contributed by atoms with E-state index in [2.05, 4.69) is 41.0 Å². The summed E-state index contributed by atoms with van der Waals surface area (Å²) >= 11 is 0. The van der Waals surface area contributed by atoms with Crippen LogP contribution in [0.5, 0.6) is 0 Å². The van der Waals surface area contributed by atoms with Crippen LogP contribution in [0.25, 0.3) is 0 Å². The highest BCUT2D eigenvalue weighted by atomic mass is 32.2. The monoisotopic (exact) mass is 487 g/mol. The number of carbonyl (C=O) groups excluding carboxylic acids is 1. The lowest BCUT2D eigenvalue weighted by molar-refractivity contribution is -0.150. The van der Waals surface area contributed by atoms with Crippen LogP contribution in [-0.2, 0) is 19.6 Å². The zero-order chi connectivity index (χ0) is 23.8. The molecule has 4 heterocycles. The molecule has 5 rings (SSSR count). The molecule has 3 fully saturated rings. The van der Waals surface area contributed by atoms with E-state index in [-0.39, 0.29) is 17.2 Å². The summed E-state index contributed by atoms with van der Waals surface area (Å²) in [5, 5.41) is -0.0437. The number of esters is 1. The lowest BCUT2D eigenvalue weighted by Gasteiger charge is -2.36. The number of carbonyl (C=O) groups is 1. The number of piperidine rings is 1. The van der Waals surface area contributed by atoms with E-state index in [1.807, 2.05) is 0 Å². The van der Waals surface area contributed by atoms with E-state index in [9.17, 15) is 13.2 Å². The number of piperazine rings is 1. The van der Waals surface area contributed by atoms with Gasteiger partial charge in [-0.2, -0.15) is 4.31 Å². The molecule has 0 bridgehead atoms. The van der Waals surface area contributed by atoms with Crippen molar-refractivity contribution in [1.29, 1.82) is 0 Å². The van der Waals surface area contributed by atoms with Gasteiger partial charge in [-0.25, -0.2) is 8.42 Å². The second-order valence-corrected chi connectivity index (χ2v) is 11.7. The minimum absolute atomic E-state index is 0.0437. The predicted molar refractivity (Wildman–Crippen MR) is 128 cm³/mol. The molecule has 9 heteroatoms. The van der Waals surface area contributed by atoms with E-state index in [1.165, 1.54) is 27.9 Å². The van der Waals surface area contributed by atoms with Crippen LogP contribution in [0.4, 0.5) is 5.69 Å². The first-order chi connectivity index (χ1) is 16.4. The Labute approximate surface area is 201 Å². The predicted octanol–water partition coefficient (Wildman–Crippen LogP) is 2.89. The SMILES string of the molecule is Cc1ccc(N2CCN(CC[C@@H]3CC4(CCN(S(=O)(=O)c5ccco5)CC4)C(=O)O3)CC2)cc1. The number of nitrogens with zero attached hydrogens (tertiary/aromatic N) is 3. The number of ether oxygens (including phenoxy) is 1. The van der Waals surface area contributed by atoms with Crippen molar-refractivity contribution in [3.05, 3.63) is 48.2 Å². The summed E-state index contributed by atoms with van der Waals surface area (Å²) in [5.74, 6) is -0.156. The Hall–Kier alpha value is -2.36. The molecular weight excluding hydrogens is 454 g/mol. The number of hydrogen-bond donors (Lipinski definition) is 0. The van der Waals surface area contributed by atoms with Gasteiger partial charge >= 0.3 is 5.97 Å². The molecule has 1 aromatic heterocycles. The van der Waals surface area contributed by atoms with Gasteiger partial charge in [-0.15, -0.1) is 0 Å². The summed E-state index contributed by atoms with van der Waals surface area (Å²) in [7, 11) is -3.64. The number of anilines is 1. The summed E-state index contributed by atoms with van der Waals surface area (Å²) in [4.78, 5) is 17.7. The van der Waals surface area contributed by atoms with Gasteiger partial charge in [-0.3, -0.25) is 9.69 Å². The molecule has 8 nitrogen and oxygen atoms in total. The molecule has 184 valence electrons. The molecule has 3 saturated heterocycles. The number of hydrogen-bond acceptors (Lipinski definition) is 7. The topological polar surface area (TPSA) is 83.3 Å². The van der Waals surface area contributed by atoms with Crippen LogP contribution in [0.1, 0.15) is 31.2 Å². The largest absolute Gasteiger partial charge is 0.462 e. The Morgan fingerprint density at radius 2 is 1.71 bits per heavy atom. The van der Waals surface area contributed by atoms with Gasteiger partial charge < -0.3 is 14.1 Å². The van der Waals surface area contributed by atoms with Crippen molar-refractivity contribution in [3.8, 4) is 0 Å². The van der Waals surface area contributed by atoms with Crippen molar-refractivity contribution < 1.29 is 22.4 Å². The number of furan rings is 1. The van der Waals surface area contributed by atoms with E-state index in [0.29, 0.717) is 32.4 Å². The number of cyclic esters (lactones) is 1. The van der Waals surface area contributed by atoms with E-state index >= 15 is 0 Å². The van der Waals surface area contributed by atoms with Crippen LogP contribution >= 0.6 is 0 Å². The number of sulfonamides is 1.